The molecule has 3 atom stereocenters. The molecule has 34 heavy (non-hydrogen) atoms. The van der Waals surface area contributed by atoms with Crippen molar-refractivity contribution in [3.05, 3.63) is 95.1 Å². The topological polar surface area (TPSA) is 67.4 Å². The van der Waals surface area contributed by atoms with Crippen molar-refractivity contribution in [3.63, 3.8) is 0 Å². The number of ether oxygens (including phenoxy) is 1. The van der Waals surface area contributed by atoms with Crippen LogP contribution in [-0.4, -0.2) is 15.0 Å². The van der Waals surface area contributed by atoms with Crippen molar-refractivity contribution in [2.45, 2.75) is 44.0 Å². The van der Waals surface area contributed by atoms with Crippen molar-refractivity contribution in [2.75, 3.05) is 16.6 Å². The Hall–Kier alpha value is -3.25. The second-order valence-electron chi connectivity index (χ2n) is 9.15. The molecule has 0 saturated heterocycles. The maximum Gasteiger partial charge on any atom is 0.261 e. The number of hydrogen-bond acceptors (Lipinski definition) is 4. The summed E-state index contributed by atoms with van der Waals surface area (Å²) in [5, 5.41) is 3.68. The van der Waals surface area contributed by atoms with E-state index in [0.717, 1.165) is 34.5 Å². The van der Waals surface area contributed by atoms with Gasteiger partial charge in [0.1, 0.15) is 5.75 Å². The third kappa shape index (κ3) is 4.18. The molecule has 0 bridgehead atoms. The van der Waals surface area contributed by atoms with Crippen LogP contribution >= 0.6 is 0 Å². The first-order valence-electron chi connectivity index (χ1n) is 11.8. The molecule has 5 nitrogen and oxygen atoms in total. The molecule has 3 aromatic rings. The highest BCUT2D eigenvalue weighted by molar-refractivity contribution is 7.92. The van der Waals surface area contributed by atoms with Crippen LogP contribution in [0.25, 0.3) is 0 Å². The molecule has 5 rings (SSSR count). The van der Waals surface area contributed by atoms with Crippen LogP contribution < -0.4 is 14.8 Å². The lowest BCUT2D eigenvalue weighted by atomic mass is 9.77. The standard InChI is InChI=1S/C28H30N2O3S/c1-4-33-21-11-9-20(10-12-21)28-24-7-5-6-23(24)25-17-22(13-15-27(25)29-28)34(31,32)30-26-14-8-18(2)16-19(26)3/h5-6,8-17,23-24,28-30H,4,7H2,1-3H3. The van der Waals surface area contributed by atoms with Crippen LogP contribution in [0.15, 0.2) is 77.7 Å². The van der Waals surface area contributed by atoms with Crippen molar-refractivity contribution in [1.29, 1.82) is 0 Å². The summed E-state index contributed by atoms with van der Waals surface area (Å²) in [5.74, 6) is 1.37. The maximum absolute atomic E-state index is 13.2. The summed E-state index contributed by atoms with van der Waals surface area (Å²) in [6.45, 7) is 6.53. The van der Waals surface area contributed by atoms with E-state index in [4.69, 9.17) is 4.74 Å². The predicted molar refractivity (Wildman–Crippen MR) is 137 cm³/mol. The Bertz CT molecular complexity index is 1350. The van der Waals surface area contributed by atoms with Crippen LogP contribution in [0.1, 0.15) is 47.6 Å². The lowest BCUT2D eigenvalue weighted by Crippen LogP contribution is -2.29. The Morgan fingerprint density at radius 1 is 1.03 bits per heavy atom. The lowest BCUT2D eigenvalue weighted by molar-refractivity contribution is 0.340. The quantitative estimate of drug-likeness (QED) is 0.410. The SMILES string of the molecule is CCOc1ccc(C2Nc3ccc(S(=O)(=O)Nc4ccc(C)cc4C)cc3C3C=CCC32)cc1. The second kappa shape index (κ2) is 8.84. The van der Waals surface area contributed by atoms with Crippen LogP contribution in [0.2, 0.25) is 0 Å². The molecule has 0 saturated carbocycles. The average Bonchev–Trinajstić information content (AvgIpc) is 3.31. The highest BCUT2D eigenvalue weighted by Gasteiger charge is 2.38. The van der Waals surface area contributed by atoms with Gasteiger partial charge in [0.25, 0.3) is 10.0 Å². The molecule has 0 aromatic heterocycles. The van der Waals surface area contributed by atoms with E-state index in [-0.39, 0.29) is 16.9 Å². The minimum atomic E-state index is -3.70. The van der Waals surface area contributed by atoms with Gasteiger partial charge in [-0.3, -0.25) is 4.72 Å². The van der Waals surface area contributed by atoms with Crippen molar-refractivity contribution in [3.8, 4) is 5.75 Å². The third-order valence-corrected chi connectivity index (χ3v) is 8.18. The number of anilines is 2. The van der Waals surface area contributed by atoms with Crippen LogP contribution in [0, 0.1) is 19.8 Å². The molecule has 1 aliphatic heterocycles. The Labute approximate surface area is 201 Å². The third-order valence-electron chi connectivity index (χ3n) is 6.82. The van der Waals surface area contributed by atoms with Gasteiger partial charge in [0.2, 0.25) is 0 Å². The van der Waals surface area contributed by atoms with Crippen LogP contribution in [-0.2, 0) is 10.0 Å². The molecule has 176 valence electrons. The number of sulfonamides is 1. The first-order valence-corrected chi connectivity index (χ1v) is 13.2. The minimum Gasteiger partial charge on any atom is -0.494 e. The molecule has 2 aliphatic rings. The number of hydrogen-bond donors (Lipinski definition) is 2. The van der Waals surface area contributed by atoms with Gasteiger partial charge in [-0.2, -0.15) is 0 Å². The van der Waals surface area contributed by atoms with Crippen LogP contribution in [0.5, 0.6) is 5.75 Å². The van der Waals surface area contributed by atoms with Crippen molar-refractivity contribution < 1.29 is 13.2 Å². The van der Waals surface area contributed by atoms with Gasteiger partial charge in [-0.1, -0.05) is 42.0 Å². The Balaban J connectivity index is 1.45. The van der Waals surface area contributed by atoms with Gasteiger partial charge in [0, 0.05) is 11.6 Å². The van der Waals surface area contributed by atoms with E-state index in [1.165, 1.54) is 5.56 Å². The summed E-state index contributed by atoms with van der Waals surface area (Å²) < 4.78 is 34.8. The number of aryl methyl sites for hydroxylation is 2. The summed E-state index contributed by atoms with van der Waals surface area (Å²) in [5.41, 5.74) is 5.83. The van der Waals surface area contributed by atoms with Crippen molar-refractivity contribution in [1.82, 2.24) is 0 Å². The van der Waals surface area contributed by atoms with E-state index in [1.54, 1.807) is 6.07 Å². The molecular weight excluding hydrogens is 444 g/mol. The molecule has 3 aromatic carbocycles. The van der Waals surface area contributed by atoms with Crippen LogP contribution in [0.3, 0.4) is 0 Å². The molecule has 1 aliphatic carbocycles. The summed E-state index contributed by atoms with van der Waals surface area (Å²) in [6, 6.07) is 19.5. The summed E-state index contributed by atoms with van der Waals surface area (Å²) in [6.07, 6.45) is 5.38. The predicted octanol–water partition coefficient (Wildman–Crippen LogP) is 6.33. The minimum absolute atomic E-state index is 0.152. The Morgan fingerprint density at radius 3 is 2.56 bits per heavy atom. The fourth-order valence-electron chi connectivity index (χ4n) is 5.14. The fraction of sp³-hybridized carbons (Fsp3) is 0.286. The highest BCUT2D eigenvalue weighted by Crippen LogP contribution is 2.50. The number of rotatable bonds is 6. The van der Waals surface area contributed by atoms with Gasteiger partial charge in [-0.25, -0.2) is 8.42 Å². The Morgan fingerprint density at radius 2 is 1.82 bits per heavy atom. The average molecular weight is 475 g/mol. The van der Waals surface area contributed by atoms with Gasteiger partial charge in [-0.05, 0) is 86.2 Å². The molecular formula is C28H30N2O3S. The number of nitrogens with one attached hydrogen (secondary N) is 2. The number of benzene rings is 3. The first-order chi connectivity index (χ1) is 16.4. The van der Waals surface area contributed by atoms with Gasteiger partial charge < -0.3 is 10.1 Å². The van der Waals surface area contributed by atoms with Gasteiger partial charge in [-0.15, -0.1) is 0 Å². The molecule has 2 N–H and O–H groups in total. The zero-order valence-electron chi connectivity index (χ0n) is 19.7. The van der Waals surface area contributed by atoms with E-state index < -0.39 is 10.0 Å². The van der Waals surface area contributed by atoms with Gasteiger partial charge >= 0.3 is 0 Å². The second-order valence-corrected chi connectivity index (χ2v) is 10.8. The normalized spacial score (nSPS) is 20.9. The van der Waals surface area contributed by atoms with Crippen molar-refractivity contribution in [2.24, 2.45) is 5.92 Å². The van der Waals surface area contributed by atoms with Gasteiger partial charge in [0.15, 0.2) is 0 Å². The van der Waals surface area contributed by atoms with Gasteiger partial charge in [0.05, 0.1) is 23.2 Å². The van der Waals surface area contributed by atoms with Crippen LogP contribution in [0.4, 0.5) is 11.4 Å². The van der Waals surface area contributed by atoms with E-state index in [1.807, 2.05) is 63.2 Å². The molecule has 0 amide bonds. The summed E-state index contributed by atoms with van der Waals surface area (Å²) in [7, 11) is -3.70. The summed E-state index contributed by atoms with van der Waals surface area (Å²) >= 11 is 0. The fourth-order valence-corrected chi connectivity index (χ4v) is 6.31. The maximum atomic E-state index is 13.2. The summed E-state index contributed by atoms with van der Waals surface area (Å²) in [4.78, 5) is 0.284. The monoisotopic (exact) mass is 474 g/mol. The first kappa shape index (κ1) is 22.5. The molecule has 6 heteroatoms. The van der Waals surface area contributed by atoms with Crippen molar-refractivity contribution >= 4 is 21.4 Å². The molecule has 3 unspecified atom stereocenters. The molecule has 0 radical (unpaired) electrons. The molecule has 0 fully saturated rings. The highest BCUT2D eigenvalue weighted by atomic mass is 32.2. The number of fused-ring (bicyclic) bond motifs is 3. The largest absolute Gasteiger partial charge is 0.494 e. The molecule has 1 heterocycles. The zero-order chi connectivity index (χ0) is 23.9. The van der Waals surface area contributed by atoms with E-state index >= 15 is 0 Å². The smallest absolute Gasteiger partial charge is 0.261 e. The van der Waals surface area contributed by atoms with E-state index in [0.29, 0.717) is 18.2 Å². The number of allylic oxidation sites excluding steroid dienone is 2. The zero-order valence-corrected chi connectivity index (χ0v) is 20.5. The molecule has 0 spiro atoms. The lowest BCUT2D eigenvalue weighted by Gasteiger charge is -2.37. The Kier molecular flexibility index (Phi) is 5.86. The van der Waals surface area contributed by atoms with E-state index in [2.05, 4.69) is 34.3 Å². The van der Waals surface area contributed by atoms with E-state index in [9.17, 15) is 8.42 Å².